The molecule has 0 radical (unpaired) electrons. The minimum Gasteiger partial charge on any atom is -0.492 e. The van der Waals surface area contributed by atoms with E-state index in [0.717, 1.165) is 4.90 Å². The summed E-state index contributed by atoms with van der Waals surface area (Å²) >= 11 is 0. The molecule has 3 amide bonds. The second-order valence-electron chi connectivity index (χ2n) is 5.48. The maximum absolute atomic E-state index is 12.6. The lowest BCUT2D eigenvalue weighted by Crippen LogP contribution is -2.41. The molecule has 7 heteroatoms. The maximum Gasteiger partial charge on any atom is 0.325 e. The largest absolute Gasteiger partial charge is 0.492 e. The van der Waals surface area contributed by atoms with E-state index in [9.17, 15) is 9.59 Å². The zero-order valence-electron chi connectivity index (χ0n) is 13.0. The molecule has 2 aromatic rings. The average molecular weight is 325 g/mol. The zero-order chi connectivity index (χ0) is 17.2. The van der Waals surface area contributed by atoms with Gasteiger partial charge in [0.15, 0.2) is 5.54 Å². The molecule has 0 aliphatic carbocycles. The summed E-state index contributed by atoms with van der Waals surface area (Å²) in [5.41, 5.74) is -0.728. The third-order valence-corrected chi connectivity index (χ3v) is 3.84. The molecule has 1 fully saturated rings. The van der Waals surface area contributed by atoms with Crippen molar-refractivity contribution in [3.05, 3.63) is 54.0 Å². The first kappa shape index (κ1) is 15.6. The highest BCUT2D eigenvalue weighted by Crippen LogP contribution is 2.28. The Hall–Kier alpha value is -3.27. The van der Waals surface area contributed by atoms with Crippen LogP contribution in [-0.2, 0) is 10.3 Å². The van der Waals surface area contributed by atoms with Crippen molar-refractivity contribution in [1.82, 2.24) is 10.2 Å². The Morgan fingerprint density at radius 2 is 2.17 bits per heavy atom. The van der Waals surface area contributed by atoms with Crippen molar-refractivity contribution in [2.45, 2.75) is 12.5 Å². The SMILES string of the molecule is CC1(c2ccco2)NC(=O)N(CCOc2cccc(C#N)c2)C1=O. The number of nitrogens with one attached hydrogen (secondary N) is 1. The van der Waals surface area contributed by atoms with Crippen LogP contribution in [0.25, 0.3) is 0 Å². The van der Waals surface area contributed by atoms with Gasteiger partial charge < -0.3 is 14.5 Å². The molecule has 1 N–H and O–H groups in total. The number of ether oxygens (including phenoxy) is 1. The number of urea groups is 1. The average Bonchev–Trinajstić information content (AvgIpc) is 3.19. The minimum absolute atomic E-state index is 0.0950. The van der Waals surface area contributed by atoms with Gasteiger partial charge in [-0.25, -0.2) is 4.79 Å². The molecular formula is C17H15N3O4. The van der Waals surface area contributed by atoms with Crippen molar-refractivity contribution in [1.29, 1.82) is 5.26 Å². The first-order valence-electron chi connectivity index (χ1n) is 7.35. The third kappa shape index (κ3) is 2.70. The summed E-state index contributed by atoms with van der Waals surface area (Å²) in [7, 11) is 0. The van der Waals surface area contributed by atoms with E-state index in [1.807, 2.05) is 6.07 Å². The summed E-state index contributed by atoms with van der Waals surface area (Å²) in [5, 5.41) is 11.5. The molecule has 7 nitrogen and oxygen atoms in total. The first-order chi connectivity index (χ1) is 11.5. The van der Waals surface area contributed by atoms with Crippen LogP contribution >= 0.6 is 0 Å². The highest BCUT2D eigenvalue weighted by molar-refractivity contribution is 6.06. The molecule has 2 heterocycles. The molecule has 0 spiro atoms. The highest BCUT2D eigenvalue weighted by Gasteiger charge is 2.50. The Morgan fingerprint density at radius 3 is 2.88 bits per heavy atom. The second-order valence-corrected chi connectivity index (χ2v) is 5.48. The van der Waals surface area contributed by atoms with Gasteiger partial charge in [-0.15, -0.1) is 0 Å². The normalized spacial score (nSPS) is 19.9. The van der Waals surface area contributed by atoms with Crippen molar-refractivity contribution in [3.63, 3.8) is 0 Å². The second kappa shape index (κ2) is 6.08. The molecule has 24 heavy (non-hydrogen) atoms. The lowest BCUT2D eigenvalue weighted by Gasteiger charge is -2.19. The van der Waals surface area contributed by atoms with Gasteiger partial charge >= 0.3 is 6.03 Å². The molecule has 1 aliphatic rings. The smallest absolute Gasteiger partial charge is 0.325 e. The van der Waals surface area contributed by atoms with Crippen LogP contribution in [0.5, 0.6) is 5.75 Å². The Labute approximate surface area is 138 Å². The van der Waals surface area contributed by atoms with Crippen LogP contribution in [0.15, 0.2) is 47.1 Å². The molecule has 1 atom stereocenters. The van der Waals surface area contributed by atoms with Crippen molar-refractivity contribution in [3.8, 4) is 11.8 Å². The number of imide groups is 1. The summed E-state index contributed by atoms with van der Waals surface area (Å²) in [4.78, 5) is 25.7. The summed E-state index contributed by atoms with van der Waals surface area (Å²) in [6.07, 6.45) is 1.45. The van der Waals surface area contributed by atoms with E-state index in [2.05, 4.69) is 5.32 Å². The maximum atomic E-state index is 12.6. The van der Waals surface area contributed by atoms with E-state index in [1.165, 1.54) is 6.26 Å². The van der Waals surface area contributed by atoms with E-state index in [1.54, 1.807) is 43.3 Å². The zero-order valence-corrected chi connectivity index (χ0v) is 13.0. The lowest BCUT2D eigenvalue weighted by atomic mass is 9.99. The summed E-state index contributed by atoms with van der Waals surface area (Å²) < 4.78 is 10.8. The van der Waals surface area contributed by atoms with Gasteiger partial charge in [0.1, 0.15) is 18.1 Å². The number of rotatable bonds is 5. The quantitative estimate of drug-likeness (QED) is 0.848. The number of amides is 3. The standard InChI is InChI=1S/C17H15N3O4/c1-17(14-6-3-8-24-14)15(21)20(16(22)19-17)7-9-23-13-5-2-4-12(10-13)11-18/h2-6,8,10H,7,9H2,1H3,(H,19,22). The Morgan fingerprint density at radius 1 is 1.33 bits per heavy atom. The van der Waals surface area contributed by atoms with Crippen molar-refractivity contribution < 1.29 is 18.7 Å². The van der Waals surface area contributed by atoms with E-state index in [-0.39, 0.29) is 13.2 Å². The predicted octanol–water partition coefficient (Wildman–Crippen LogP) is 2.00. The fourth-order valence-electron chi connectivity index (χ4n) is 2.54. The van der Waals surface area contributed by atoms with Gasteiger partial charge in [0.05, 0.1) is 24.4 Å². The number of benzene rings is 1. The number of nitrogens with zero attached hydrogens (tertiary/aromatic N) is 2. The fraction of sp³-hybridized carbons (Fsp3) is 0.235. The topological polar surface area (TPSA) is 95.6 Å². The summed E-state index contributed by atoms with van der Waals surface area (Å²) in [6.45, 7) is 1.82. The number of hydrogen-bond donors (Lipinski definition) is 1. The molecule has 1 aliphatic heterocycles. The minimum atomic E-state index is -1.21. The predicted molar refractivity (Wildman–Crippen MR) is 83.0 cm³/mol. The monoisotopic (exact) mass is 325 g/mol. The number of furan rings is 1. The van der Waals surface area contributed by atoms with E-state index >= 15 is 0 Å². The number of nitriles is 1. The first-order valence-corrected chi connectivity index (χ1v) is 7.35. The van der Waals surface area contributed by atoms with Gasteiger partial charge in [-0.3, -0.25) is 9.69 Å². The molecule has 0 saturated carbocycles. The molecule has 1 aromatic heterocycles. The van der Waals surface area contributed by atoms with Crippen LogP contribution in [0.2, 0.25) is 0 Å². The van der Waals surface area contributed by atoms with Crippen LogP contribution < -0.4 is 10.1 Å². The van der Waals surface area contributed by atoms with Gasteiger partial charge in [-0.1, -0.05) is 6.07 Å². The molecule has 3 rings (SSSR count). The van der Waals surface area contributed by atoms with E-state index in [0.29, 0.717) is 17.1 Å². The molecule has 1 unspecified atom stereocenters. The fourth-order valence-corrected chi connectivity index (χ4v) is 2.54. The van der Waals surface area contributed by atoms with Gasteiger partial charge in [0.2, 0.25) is 0 Å². The van der Waals surface area contributed by atoms with Crippen LogP contribution in [0.1, 0.15) is 18.2 Å². The number of carbonyl (C=O) groups excluding carboxylic acids is 2. The van der Waals surface area contributed by atoms with Crippen LogP contribution in [0.4, 0.5) is 4.79 Å². The molecule has 1 aromatic carbocycles. The summed E-state index contributed by atoms with van der Waals surface area (Å²) in [6, 6.07) is 11.5. The highest BCUT2D eigenvalue weighted by atomic mass is 16.5. The molecule has 122 valence electrons. The Bertz CT molecular complexity index is 809. The van der Waals surface area contributed by atoms with E-state index < -0.39 is 17.5 Å². The third-order valence-electron chi connectivity index (χ3n) is 3.84. The van der Waals surface area contributed by atoms with Crippen molar-refractivity contribution in [2.75, 3.05) is 13.2 Å². The Balaban J connectivity index is 1.64. The van der Waals surface area contributed by atoms with Gasteiger partial charge in [0.25, 0.3) is 5.91 Å². The lowest BCUT2D eigenvalue weighted by molar-refractivity contribution is -0.131. The van der Waals surface area contributed by atoms with Crippen LogP contribution in [0.3, 0.4) is 0 Å². The van der Waals surface area contributed by atoms with Crippen molar-refractivity contribution >= 4 is 11.9 Å². The molecular weight excluding hydrogens is 310 g/mol. The van der Waals surface area contributed by atoms with E-state index in [4.69, 9.17) is 14.4 Å². The van der Waals surface area contributed by atoms with Crippen LogP contribution in [-0.4, -0.2) is 30.0 Å². The molecule has 1 saturated heterocycles. The van der Waals surface area contributed by atoms with Gasteiger partial charge in [-0.05, 0) is 37.3 Å². The molecule has 0 bridgehead atoms. The van der Waals surface area contributed by atoms with Crippen molar-refractivity contribution in [2.24, 2.45) is 0 Å². The number of hydrogen-bond acceptors (Lipinski definition) is 5. The van der Waals surface area contributed by atoms with Gasteiger partial charge in [0, 0.05) is 0 Å². The van der Waals surface area contributed by atoms with Gasteiger partial charge in [-0.2, -0.15) is 5.26 Å². The summed E-state index contributed by atoms with van der Waals surface area (Å²) in [5.74, 6) is 0.498. The number of carbonyl (C=O) groups is 2. The van der Waals surface area contributed by atoms with Crippen LogP contribution in [0, 0.1) is 11.3 Å². The Kier molecular flexibility index (Phi) is 3.96.